The van der Waals surface area contributed by atoms with Gasteiger partial charge in [-0.25, -0.2) is 9.97 Å². The van der Waals surface area contributed by atoms with Crippen LogP contribution in [0.4, 0.5) is 5.82 Å². The number of rotatable bonds is 6. The van der Waals surface area contributed by atoms with E-state index < -0.39 is 0 Å². The number of benzene rings is 2. The largest absolute Gasteiger partial charge is 0.493 e. The molecule has 27 heavy (non-hydrogen) atoms. The number of nitrogens with zero attached hydrogens (tertiary/aromatic N) is 3. The van der Waals surface area contributed by atoms with Crippen molar-refractivity contribution < 1.29 is 9.47 Å². The van der Waals surface area contributed by atoms with E-state index in [4.69, 9.17) is 14.5 Å². The van der Waals surface area contributed by atoms with E-state index in [2.05, 4.69) is 22.4 Å². The van der Waals surface area contributed by atoms with E-state index in [1.165, 1.54) is 5.56 Å². The summed E-state index contributed by atoms with van der Waals surface area (Å²) in [4.78, 5) is 9.22. The van der Waals surface area contributed by atoms with Gasteiger partial charge >= 0.3 is 0 Å². The molecule has 0 aliphatic carbocycles. The summed E-state index contributed by atoms with van der Waals surface area (Å²) >= 11 is 0. The smallest absolute Gasteiger partial charge is 0.180 e. The zero-order valence-corrected chi connectivity index (χ0v) is 15.2. The second kappa shape index (κ2) is 7.37. The molecule has 2 heterocycles. The summed E-state index contributed by atoms with van der Waals surface area (Å²) in [5, 5.41) is 3.40. The number of ether oxygens (including phenoxy) is 2. The van der Waals surface area contributed by atoms with E-state index in [0.29, 0.717) is 18.0 Å². The molecule has 0 radical (unpaired) electrons. The third-order valence-electron chi connectivity index (χ3n) is 4.36. The quantitative estimate of drug-likeness (QED) is 0.563. The van der Waals surface area contributed by atoms with Gasteiger partial charge in [-0.3, -0.25) is 0 Å². The molecule has 6 nitrogen and oxygen atoms in total. The Morgan fingerprint density at radius 1 is 1.00 bits per heavy atom. The Morgan fingerprint density at radius 2 is 1.81 bits per heavy atom. The first-order valence-corrected chi connectivity index (χ1v) is 8.62. The van der Waals surface area contributed by atoms with Crippen molar-refractivity contribution in [1.29, 1.82) is 0 Å². The van der Waals surface area contributed by atoms with Crippen molar-refractivity contribution in [2.75, 3.05) is 19.5 Å². The van der Waals surface area contributed by atoms with Crippen LogP contribution >= 0.6 is 0 Å². The van der Waals surface area contributed by atoms with Crippen LogP contribution in [0.2, 0.25) is 0 Å². The van der Waals surface area contributed by atoms with E-state index in [-0.39, 0.29) is 0 Å². The molecular weight excluding hydrogens is 340 g/mol. The zero-order valence-electron chi connectivity index (χ0n) is 15.2. The molecule has 0 saturated heterocycles. The number of anilines is 1. The lowest BCUT2D eigenvalue weighted by Gasteiger charge is -2.12. The Hall–Kier alpha value is -3.54. The fourth-order valence-corrected chi connectivity index (χ4v) is 2.97. The highest BCUT2D eigenvalue weighted by Gasteiger charge is 2.12. The van der Waals surface area contributed by atoms with Gasteiger partial charge in [-0.1, -0.05) is 30.3 Å². The van der Waals surface area contributed by atoms with Crippen molar-refractivity contribution in [3.05, 3.63) is 72.7 Å². The van der Waals surface area contributed by atoms with Crippen LogP contribution in [0.15, 0.2) is 67.1 Å². The minimum Gasteiger partial charge on any atom is -0.493 e. The molecular formula is C21H20N4O2. The van der Waals surface area contributed by atoms with Gasteiger partial charge in [-0.15, -0.1) is 0 Å². The van der Waals surface area contributed by atoms with Gasteiger partial charge in [-0.05, 0) is 23.8 Å². The monoisotopic (exact) mass is 360 g/mol. The summed E-state index contributed by atoms with van der Waals surface area (Å²) in [6, 6.07) is 16.0. The Labute approximate surface area is 157 Å². The van der Waals surface area contributed by atoms with Crippen LogP contribution in [0.1, 0.15) is 5.56 Å². The molecule has 1 N–H and O–H groups in total. The van der Waals surface area contributed by atoms with Crippen LogP contribution in [0, 0.1) is 0 Å². The third kappa shape index (κ3) is 3.42. The standard InChI is InChI=1S/C21H20N4O2/c1-26-18-9-8-16(12-19(18)27-2)17-14-25-11-10-22-21(25)20(24-17)23-13-15-6-4-3-5-7-15/h3-12,14H,13H2,1-2H3,(H,23,24). The zero-order chi connectivity index (χ0) is 18.6. The lowest BCUT2D eigenvalue weighted by atomic mass is 10.1. The van der Waals surface area contributed by atoms with Gasteiger partial charge in [-0.2, -0.15) is 0 Å². The number of methoxy groups -OCH3 is 2. The van der Waals surface area contributed by atoms with E-state index in [1.54, 1.807) is 20.4 Å². The van der Waals surface area contributed by atoms with Gasteiger partial charge in [0.05, 0.1) is 19.9 Å². The van der Waals surface area contributed by atoms with Crippen molar-refractivity contribution in [2.45, 2.75) is 6.54 Å². The molecule has 0 spiro atoms. The maximum atomic E-state index is 5.42. The van der Waals surface area contributed by atoms with Crippen molar-refractivity contribution in [2.24, 2.45) is 0 Å². The second-order valence-electron chi connectivity index (χ2n) is 6.04. The molecule has 0 bridgehead atoms. The first kappa shape index (κ1) is 16.9. The van der Waals surface area contributed by atoms with Crippen molar-refractivity contribution in [1.82, 2.24) is 14.4 Å². The molecule has 4 aromatic rings. The average molecular weight is 360 g/mol. The van der Waals surface area contributed by atoms with E-state index in [9.17, 15) is 0 Å². The SMILES string of the molecule is COc1ccc(-c2cn3ccnc3c(NCc3ccccc3)n2)cc1OC. The lowest BCUT2D eigenvalue weighted by Crippen LogP contribution is -2.05. The summed E-state index contributed by atoms with van der Waals surface area (Å²) in [6.07, 6.45) is 5.63. The minimum absolute atomic E-state index is 0.668. The summed E-state index contributed by atoms with van der Waals surface area (Å²) in [6.45, 7) is 0.672. The average Bonchev–Trinajstić information content (AvgIpc) is 3.21. The fourth-order valence-electron chi connectivity index (χ4n) is 2.97. The van der Waals surface area contributed by atoms with Gasteiger partial charge in [0.1, 0.15) is 0 Å². The molecule has 0 amide bonds. The molecule has 0 saturated carbocycles. The number of nitrogens with one attached hydrogen (secondary N) is 1. The highest BCUT2D eigenvalue weighted by atomic mass is 16.5. The van der Waals surface area contributed by atoms with E-state index in [1.807, 2.05) is 53.2 Å². The van der Waals surface area contributed by atoms with Crippen LogP contribution in [0.3, 0.4) is 0 Å². The normalized spacial score (nSPS) is 10.7. The van der Waals surface area contributed by atoms with E-state index >= 15 is 0 Å². The predicted molar refractivity (Wildman–Crippen MR) is 105 cm³/mol. The Bertz CT molecular complexity index is 1060. The molecule has 2 aromatic heterocycles. The summed E-state index contributed by atoms with van der Waals surface area (Å²) in [7, 11) is 3.25. The summed E-state index contributed by atoms with van der Waals surface area (Å²) in [5.74, 6) is 2.09. The maximum Gasteiger partial charge on any atom is 0.180 e. The Morgan fingerprint density at radius 3 is 2.59 bits per heavy atom. The number of hydrogen-bond donors (Lipinski definition) is 1. The second-order valence-corrected chi connectivity index (χ2v) is 6.04. The van der Waals surface area contributed by atoms with Crippen LogP contribution in [-0.4, -0.2) is 28.6 Å². The van der Waals surface area contributed by atoms with Gasteiger partial charge in [0.25, 0.3) is 0 Å². The van der Waals surface area contributed by atoms with Crippen molar-refractivity contribution in [3.63, 3.8) is 0 Å². The van der Waals surface area contributed by atoms with Gasteiger partial charge in [0.2, 0.25) is 0 Å². The molecule has 0 aliphatic rings. The topological polar surface area (TPSA) is 60.7 Å². The first-order valence-electron chi connectivity index (χ1n) is 8.62. The number of aromatic nitrogens is 3. The molecule has 0 atom stereocenters. The van der Waals surface area contributed by atoms with Crippen LogP contribution < -0.4 is 14.8 Å². The molecule has 136 valence electrons. The maximum absolute atomic E-state index is 5.42. The van der Waals surface area contributed by atoms with Gasteiger partial charge in [0, 0.05) is 30.7 Å². The Balaban J connectivity index is 1.72. The van der Waals surface area contributed by atoms with Crippen LogP contribution in [0.5, 0.6) is 11.5 Å². The summed E-state index contributed by atoms with van der Waals surface area (Å²) < 4.78 is 12.7. The minimum atomic E-state index is 0.668. The molecule has 4 rings (SSSR count). The lowest BCUT2D eigenvalue weighted by molar-refractivity contribution is 0.355. The number of imidazole rings is 1. The molecule has 0 unspecified atom stereocenters. The van der Waals surface area contributed by atoms with E-state index in [0.717, 1.165) is 22.7 Å². The number of hydrogen-bond acceptors (Lipinski definition) is 5. The van der Waals surface area contributed by atoms with Crippen molar-refractivity contribution in [3.8, 4) is 22.8 Å². The Kier molecular flexibility index (Phi) is 4.61. The van der Waals surface area contributed by atoms with Crippen molar-refractivity contribution >= 4 is 11.5 Å². The molecule has 2 aromatic carbocycles. The fraction of sp³-hybridized carbons (Fsp3) is 0.143. The summed E-state index contributed by atoms with van der Waals surface area (Å²) in [5.41, 5.74) is 3.72. The van der Waals surface area contributed by atoms with Crippen LogP contribution in [0.25, 0.3) is 16.9 Å². The molecule has 0 fully saturated rings. The van der Waals surface area contributed by atoms with Gasteiger partial charge in [0.15, 0.2) is 23.0 Å². The number of fused-ring (bicyclic) bond motifs is 1. The highest BCUT2D eigenvalue weighted by molar-refractivity contribution is 5.70. The first-order chi connectivity index (χ1) is 13.3. The predicted octanol–water partition coefficient (Wildman–Crippen LogP) is 4.03. The molecule has 0 aliphatic heterocycles. The van der Waals surface area contributed by atoms with Crippen LogP contribution in [-0.2, 0) is 6.54 Å². The van der Waals surface area contributed by atoms with Gasteiger partial charge < -0.3 is 19.2 Å². The third-order valence-corrected chi connectivity index (χ3v) is 4.36. The highest BCUT2D eigenvalue weighted by Crippen LogP contribution is 2.32. The molecule has 6 heteroatoms.